The van der Waals surface area contributed by atoms with Crippen molar-refractivity contribution in [3.63, 3.8) is 0 Å². The molecule has 0 aliphatic carbocycles. The first-order valence-corrected chi connectivity index (χ1v) is 6.37. The van der Waals surface area contributed by atoms with Gasteiger partial charge in [-0.2, -0.15) is 0 Å². The van der Waals surface area contributed by atoms with Gasteiger partial charge in [-0.3, -0.25) is 0 Å². The van der Waals surface area contributed by atoms with Crippen molar-refractivity contribution in [3.05, 3.63) is 47.5 Å². The number of aryl methyl sites for hydroxylation is 3. The predicted octanol–water partition coefficient (Wildman–Crippen LogP) is 3.44. The average molecular weight is 251 g/mol. The van der Waals surface area contributed by atoms with Crippen LogP contribution in [0.2, 0.25) is 0 Å². The molecule has 3 nitrogen and oxygen atoms in total. The lowest BCUT2D eigenvalue weighted by Crippen LogP contribution is -1.99. The van der Waals surface area contributed by atoms with Gasteiger partial charge in [0.15, 0.2) is 0 Å². The quantitative estimate of drug-likeness (QED) is 0.673. The molecule has 0 spiro atoms. The molecule has 0 bridgehead atoms. The van der Waals surface area contributed by atoms with Crippen molar-refractivity contribution in [1.82, 2.24) is 9.55 Å². The number of aromatic nitrogens is 2. The van der Waals surface area contributed by atoms with Crippen molar-refractivity contribution in [3.8, 4) is 11.4 Å². The molecule has 0 atom stereocenters. The Hall–Kier alpha value is -2.29. The van der Waals surface area contributed by atoms with E-state index in [1.165, 1.54) is 11.1 Å². The molecule has 0 unspecified atom stereocenters. The Balaban J connectivity index is 2.38. The molecular formula is C16H17N3. The monoisotopic (exact) mass is 251 g/mol. The molecule has 0 saturated heterocycles. The molecule has 1 aromatic heterocycles. The minimum Gasteiger partial charge on any atom is -0.398 e. The van der Waals surface area contributed by atoms with E-state index >= 15 is 0 Å². The van der Waals surface area contributed by atoms with Gasteiger partial charge < -0.3 is 10.3 Å². The van der Waals surface area contributed by atoms with E-state index in [0.29, 0.717) is 0 Å². The van der Waals surface area contributed by atoms with Crippen LogP contribution in [0, 0.1) is 13.8 Å². The first-order chi connectivity index (χ1) is 9.09. The van der Waals surface area contributed by atoms with E-state index < -0.39 is 0 Å². The number of fused-ring (bicyclic) bond motifs is 1. The molecule has 19 heavy (non-hydrogen) atoms. The number of imidazole rings is 1. The van der Waals surface area contributed by atoms with E-state index in [1.807, 2.05) is 31.3 Å². The fraction of sp³-hybridized carbons (Fsp3) is 0.188. The van der Waals surface area contributed by atoms with Gasteiger partial charge in [0.05, 0.1) is 11.0 Å². The lowest BCUT2D eigenvalue weighted by molar-refractivity contribution is 0.954. The maximum absolute atomic E-state index is 6.13. The van der Waals surface area contributed by atoms with Gasteiger partial charge in [0.1, 0.15) is 5.82 Å². The third-order valence-corrected chi connectivity index (χ3v) is 3.62. The number of hydrogen-bond acceptors (Lipinski definition) is 2. The van der Waals surface area contributed by atoms with Crippen LogP contribution >= 0.6 is 0 Å². The van der Waals surface area contributed by atoms with E-state index in [1.54, 1.807) is 0 Å². The lowest BCUT2D eigenvalue weighted by Gasteiger charge is -2.09. The molecule has 0 amide bonds. The number of anilines is 1. The normalized spacial score (nSPS) is 11.1. The molecule has 0 saturated carbocycles. The van der Waals surface area contributed by atoms with Crippen LogP contribution in [0.5, 0.6) is 0 Å². The number of nitrogens with zero attached hydrogens (tertiary/aromatic N) is 2. The molecule has 2 N–H and O–H groups in total. The molecule has 3 rings (SSSR count). The van der Waals surface area contributed by atoms with E-state index in [2.05, 4.69) is 30.5 Å². The van der Waals surface area contributed by atoms with Gasteiger partial charge >= 0.3 is 0 Å². The maximum Gasteiger partial charge on any atom is 0.143 e. The molecule has 0 radical (unpaired) electrons. The van der Waals surface area contributed by atoms with Gasteiger partial charge in [-0.1, -0.05) is 24.3 Å². The topological polar surface area (TPSA) is 43.8 Å². The number of nitrogen functional groups attached to an aromatic ring is 1. The smallest absolute Gasteiger partial charge is 0.143 e. The zero-order valence-electron chi connectivity index (χ0n) is 11.4. The molecule has 1 heterocycles. The van der Waals surface area contributed by atoms with Crippen LogP contribution in [0.1, 0.15) is 11.1 Å². The molecule has 96 valence electrons. The Kier molecular flexibility index (Phi) is 2.56. The van der Waals surface area contributed by atoms with Crippen LogP contribution in [-0.2, 0) is 7.05 Å². The van der Waals surface area contributed by atoms with E-state index in [9.17, 15) is 0 Å². The predicted molar refractivity (Wildman–Crippen MR) is 80.0 cm³/mol. The van der Waals surface area contributed by atoms with Crippen molar-refractivity contribution >= 4 is 16.7 Å². The summed E-state index contributed by atoms with van der Waals surface area (Å²) in [5.41, 5.74) is 12.5. The summed E-state index contributed by atoms with van der Waals surface area (Å²) in [7, 11) is 2.05. The molecule has 0 aliphatic rings. The first kappa shape index (κ1) is 11.8. The zero-order valence-corrected chi connectivity index (χ0v) is 11.4. The van der Waals surface area contributed by atoms with Crippen LogP contribution in [0.25, 0.3) is 22.4 Å². The van der Waals surface area contributed by atoms with E-state index in [4.69, 9.17) is 10.7 Å². The lowest BCUT2D eigenvalue weighted by atomic mass is 10.1. The van der Waals surface area contributed by atoms with E-state index in [-0.39, 0.29) is 0 Å². The van der Waals surface area contributed by atoms with Crippen molar-refractivity contribution in [2.24, 2.45) is 7.05 Å². The SMILES string of the molecule is Cc1cccc(N)c1-c1nc2cccc(C)c2n1C. The van der Waals surface area contributed by atoms with Crippen LogP contribution in [-0.4, -0.2) is 9.55 Å². The van der Waals surface area contributed by atoms with E-state index in [0.717, 1.165) is 28.2 Å². The Labute approximate surface area is 112 Å². The minimum atomic E-state index is 0.774. The van der Waals surface area contributed by atoms with Gasteiger partial charge in [-0.05, 0) is 37.1 Å². The van der Waals surface area contributed by atoms with Gasteiger partial charge in [0.25, 0.3) is 0 Å². The van der Waals surface area contributed by atoms with Crippen LogP contribution in [0.4, 0.5) is 5.69 Å². The zero-order chi connectivity index (χ0) is 13.6. The number of rotatable bonds is 1. The fourth-order valence-electron chi connectivity index (χ4n) is 2.68. The molecular weight excluding hydrogens is 234 g/mol. The van der Waals surface area contributed by atoms with Crippen molar-refractivity contribution in [2.75, 3.05) is 5.73 Å². The highest BCUT2D eigenvalue weighted by Gasteiger charge is 2.15. The number of nitrogens with two attached hydrogens (primary N) is 1. The van der Waals surface area contributed by atoms with Crippen LogP contribution in [0.3, 0.4) is 0 Å². The minimum absolute atomic E-state index is 0.774. The third-order valence-electron chi connectivity index (χ3n) is 3.62. The second-order valence-electron chi connectivity index (χ2n) is 4.98. The Morgan fingerprint density at radius 2 is 1.68 bits per heavy atom. The maximum atomic E-state index is 6.13. The summed E-state index contributed by atoms with van der Waals surface area (Å²) in [6.45, 7) is 4.17. The molecule has 3 aromatic rings. The molecule has 3 heteroatoms. The van der Waals surface area contributed by atoms with Gasteiger partial charge in [0.2, 0.25) is 0 Å². The Morgan fingerprint density at radius 1 is 1.00 bits per heavy atom. The highest BCUT2D eigenvalue weighted by molar-refractivity contribution is 5.86. The number of para-hydroxylation sites is 1. The second-order valence-corrected chi connectivity index (χ2v) is 4.98. The molecule has 0 aliphatic heterocycles. The van der Waals surface area contributed by atoms with Crippen molar-refractivity contribution in [1.29, 1.82) is 0 Å². The summed E-state index contributed by atoms with van der Waals surface area (Å²) in [6.07, 6.45) is 0. The Bertz CT molecular complexity index is 749. The number of benzene rings is 2. The summed E-state index contributed by atoms with van der Waals surface area (Å²) in [5, 5.41) is 0. The largest absolute Gasteiger partial charge is 0.398 e. The molecule has 2 aromatic carbocycles. The second kappa shape index (κ2) is 4.12. The summed E-state index contributed by atoms with van der Waals surface area (Å²) in [6, 6.07) is 12.2. The van der Waals surface area contributed by atoms with Crippen LogP contribution in [0.15, 0.2) is 36.4 Å². The molecule has 0 fully saturated rings. The summed E-state index contributed by atoms with van der Waals surface area (Å²) < 4.78 is 2.13. The average Bonchev–Trinajstić information content (AvgIpc) is 2.68. The summed E-state index contributed by atoms with van der Waals surface area (Å²) in [4.78, 5) is 4.75. The van der Waals surface area contributed by atoms with Gasteiger partial charge in [0, 0.05) is 18.3 Å². The highest BCUT2D eigenvalue weighted by Crippen LogP contribution is 2.31. The Morgan fingerprint density at radius 3 is 2.37 bits per heavy atom. The fourth-order valence-corrected chi connectivity index (χ4v) is 2.68. The number of hydrogen-bond donors (Lipinski definition) is 1. The van der Waals surface area contributed by atoms with Gasteiger partial charge in [-0.25, -0.2) is 4.98 Å². The standard InChI is InChI=1S/C16H17N3/c1-10-6-4-8-12(17)14(10)16-18-13-9-5-7-11(2)15(13)19(16)3/h4-9H,17H2,1-3H3. The first-order valence-electron chi connectivity index (χ1n) is 6.37. The highest BCUT2D eigenvalue weighted by atomic mass is 15.1. The van der Waals surface area contributed by atoms with Gasteiger partial charge in [-0.15, -0.1) is 0 Å². The van der Waals surface area contributed by atoms with Crippen LogP contribution < -0.4 is 5.73 Å². The summed E-state index contributed by atoms with van der Waals surface area (Å²) >= 11 is 0. The third kappa shape index (κ3) is 1.70. The van der Waals surface area contributed by atoms with Crippen molar-refractivity contribution < 1.29 is 0 Å². The van der Waals surface area contributed by atoms with Crippen molar-refractivity contribution in [2.45, 2.75) is 13.8 Å². The summed E-state index contributed by atoms with van der Waals surface area (Å²) in [5.74, 6) is 0.930.